The van der Waals surface area contributed by atoms with Gasteiger partial charge < -0.3 is 0 Å². The summed E-state index contributed by atoms with van der Waals surface area (Å²) < 4.78 is 42.1. The maximum atomic E-state index is 13.7. The smallest absolute Gasteiger partial charge is 0.207 e. The Labute approximate surface area is 142 Å². The van der Waals surface area contributed by atoms with Gasteiger partial charge >= 0.3 is 0 Å². The van der Waals surface area contributed by atoms with E-state index < -0.39 is 16.0 Å². The van der Waals surface area contributed by atoms with Gasteiger partial charge in [0.15, 0.2) is 0 Å². The molecule has 1 heterocycles. The van der Waals surface area contributed by atoms with Crippen molar-refractivity contribution in [3.05, 3.63) is 55.9 Å². The summed E-state index contributed by atoms with van der Waals surface area (Å²) in [4.78, 5) is 0.783. The first kappa shape index (κ1) is 17.7. The van der Waals surface area contributed by atoms with E-state index in [0.29, 0.717) is 4.34 Å². The van der Waals surface area contributed by atoms with Crippen LogP contribution in [0.5, 0.6) is 0 Å². The zero-order valence-corrected chi connectivity index (χ0v) is 14.7. The number of rotatable bonds is 6. The van der Waals surface area contributed by atoms with E-state index in [-0.39, 0.29) is 23.7 Å². The average Bonchev–Trinajstić information content (AvgIpc) is 2.86. The van der Waals surface area contributed by atoms with Crippen LogP contribution in [0.15, 0.2) is 30.3 Å². The minimum atomic E-state index is -3.76. The van der Waals surface area contributed by atoms with E-state index in [9.17, 15) is 12.8 Å². The fourth-order valence-electron chi connectivity index (χ4n) is 1.71. The molecule has 0 aliphatic carbocycles. The molecule has 0 fully saturated rings. The Bertz CT molecular complexity index is 745. The zero-order chi connectivity index (χ0) is 16.3. The van der Waals surface area contributed by atoms with Gasteiger partial charge in [-0.3, -0.25) is 0 Å². The first-order valence-electron chi connectivity index (χ1n) is 6.17. The number of nitrogens with one attached hydrogen (secondary N) is 1. The lowest BCUT2D eigenvalue weighted by atomic mass is 10.2. The van der Waals surface area contributed by atoms with Crippen molar-refractivity contribution in [2.45, 2.75) is 13.1 Å². The fraction of sp³-hybridized carbons (Fsp3) is 0.231. The molecule has 0 bridgehead atoms. The van der Waals surface area contributed by atoms with Crippen LogP contribution in [0.25, 0.3) is 0 Å². The predicted molar refractivity (Wildman–Crippen MR) is 88.0 cm³/mol. The molecule has 2 rings (SSSR count). The Morgan fingerprint density at radius 2 is 2.00 bits per heavy atom. The molecule has 0 unspecified atom stereocenters. The molecule has 4 nitrogen and oxygen atoms in total. The molecule has 2 aromatic rings. The van der Waals surface area contributed by atoms with Gasteiger partial charge in [0.25, 0.3) is 10.2 Å². The number of hydrogen-bond donors (Lipinski definition) is 1. The van der Waals surface area contributed by atoms with Gasteiger partial charge in [-0.25, -0.2) is 4.39 Å². The van der Waals surface area contributed by atoms with Gasteiger partial charge in [-0.2, -0.15) is 17.4 Å². The minimum absolute atomic E-state index is 0.120. The molecular formula is C13H13Cl2FN2O2S2. The molecular weight excluding hydrogens is 370 g/mol. The van der Waals surface area contributed by atoms with E-state index in [4.69, 9.17) is 23.2 Å². The highest BCUT2D eigenvalue weighted by Gasteiger charge is 2.20. The van der Waals surface area contributed by atoms with Crippen molar-refractivity contribution in [1.29, 1.82) is 0 Å². The maximum Gasteiger partial charge on any atom is 0.279 e. The second-order valence-electron chi connectivity index (χ2n) is 4.49. The molecule has 0 saturated heterocycles. The van der Waals surface area contributed by atoms with Crippen molar-refractivity contribution in [3.8, 4) is 0 Å². The molecule has 0 spiro atoms. The second kappa shape index (κ2) is 7.25. The quantitative estimate of drug-likeness (QED) is 0.828. The van der Waals surface area contributed by atoms with E-state index >= 15 is 0 Å². The molecule has 0 amide bonds. The lowest BCUT2D eigenvalue weighted by Gasteiger charge is -2.18. The van der Waals surface area contributed by atoms with Crippen LogP contribution in [0.1, 0.15) is 10.4 Å². The monoisotopic (exact) mass is 382 g/mol. The van der Waals surface area contributed by atoms with Gasteiger partial charge in [0.1, 0.15) is 5.82 Å². The van der Waals surface area contributed by atoms with Crippen molar-refractivity contribution < 1.29 is 12.8 Å². The first-order valence-corrected chi connectivity index (χ1v) is 9.19. The third-order valence-corrected chi connectivity index (χ3v) is 5.95. The van der Waals surface area contributed by atoms with E-state index in [2.05, 4.69) is 4.72 Å². The average molecular weight is 383 g/mol. The van der Waals surface area contributed by atoms with E-state index in [1.165, 1.54) is 36.6 Å². The van der Waals surface area contributed by atoms with Crippen LogP contribution in [-0.2, 0) is 23.3 Å². The van der Waals surface area contributed by atoms with Crippen LogP contribution >= 0.6 is 34.5 Å². The Morgan fingerprint density at radius 1 is 1.27 bits per heavy atom. The number of hydrogen-bond acceptors (Lipinski definition) is 3. The van der Waals surface area contributed by atoms with Gasteiger partial charge in [-0.15, -0.1) is 11.3 Å². The summed E-state index contributed by atoms with van der Waals surface area (Å²) in [5, 5.41) is 0.187. The summed E-state index contributed by atoms with van der Waals surface area (Å²) in [5.41, 5.74) is 0.135. The Morgan fingerprint density at radius 3 is 2.59 bits per heavy atom. The van der Waals surface area contributed by atoms with Gasteiger partial charge in [-0.1, -0.05) is 29.3 Å². The third-order valence-electron chi connectivity index (χ3n) is 2.91. The van der Waals surface area contributed by atoms with Crippen molar-refractivity contribution in [2.24, 2.45) is 0 Å². The van der Waals surface area contributed by atoms with E-state index in [1.807, 2.05) is 0 Å². The summed E-state index contributed by atoms with van der Waals surface area (Å²) in [5.74, 6) is -0.542. The van der Waals surface area contributed by atoms with Crippen LogP contribution < -0.4 is 4.72 Å². The molecule has 0 radical (unpaired) electrons. The molecule has 22 heavy (non-hydrogen) atoms. The Balaban J connectivity index is 2.05. The lowest BCUT2D eigenvalue weighted by Crippen LogP contribution is -2.37. The molecule has 0 saturated carbocycles. The Kier molecular flexibility index (Phi) is 5.81. The normalized spacial score (nSPS) is 12.0. The van der Waals surface area contributed by atoms with Crippen molar-refractivity contribution >= 4 is 44.7 Å². The number of halogens is 3. The van der Waals surface area contributed by atoms with Crippen LogP contribution in [0.3, 0.4) is 0 Å². The van der Waals surface area contributed by atoms with E-state index in [1.54, 1.807) is 12.1 Å². The van der Waals surface area contributed by atoms with Gasteiger partial charge in [-0.05, 0) is 24.3 Å². The van der Waals surface area contributed by atoms with Crippen molar-refractivity contribution in [1.82, 2.24) is 9.03 Å². The predicted octanol–water partition coefficient (Wildman–Crippen LogP) is 3.66. The van der Waals surface area contributed by atoms with Gasteiger partial charge in [0.2, 0.25) is 0 Å². The molecule has 0 atom stereocenters. The summed E-state index contributed by atoms with van der Waals surface area (Å²) in [6, 6.07) is 7.65. The topological polar surface area (TPSA) is 49.4 Å². The minimum Gasteiger partial charge on any atom is -0.207 e. The highest BCUT2D eigenvalue weighted by atomic mass is 35.5. The Hall–Kier alpha value is -0.700. The lowest BCUT2D eigenvalue weighted by molar-refractivity contribution is 0.446. The number of benzene rings is 1. The summed E-state index contributed by atoms with van der Waals surface area (Å²) in [6.45, 7) is -0.0406. The standard InChI is InChI=1S/C13H13Cl2FN2O2S2/c1-18(8-10-11(14)3-2-4-12(10)16)22(19,20)17-7-9-5-6-13(15)21-9/h2-6,17H,7-8H2,1H3. The summed E-state index contributed by atoms with van der Waals surface area (Å²) >= 11 is 13.0. The zero-order valence-electron chi connectivity index (χ0n) is 11.5. The summed E-state index contributed by atoms with van der Waals surface area (Å²) in [7, 11) is -2.41. The number of thiophene rings is 1. The SMILES string of the molecule is CN(Cc1c(F)cccc1Cl)S(=O)(=O)NCc1ccc(Cl)s1. The van der Waals surface area contributed by atoms with Crippen molar-refractivity contribution in [3.63, 3.8) is 0 Å². The van der Waals surface area contributed by atoms with E-state index in [0.717, 1.165) is 9.18 Å². The van der Waals surface area contributed by atoms with Gasteiger partial charge in [0, 0.05) is 35.6 Å². The molecule has 1 aromatic carbocycles. The third kappa shape index (κ3) is 4.41. The largest absolute Gasteiger partial charge is 0.279 e. The van der Waals surface area contributed by atoms with Gasteiger partial charge in [0.05, 0.1) is 4.34 Å². The molecule has 120 valence electrons. The molecule has 1 aromatic heterocycles. The highest BCUT2D eigenvalue weighted by molar-refractivity contribution is 7.87. The molecule has 0 aliphatic rings. The van der Waals surface area contributed by atoms with Crippen molar-refractivity contribution in [2.75, 3.05) is 7.05 Å². The number of nitrogens with zero attached hydrogens (tertiary/aromatic N) is 1. The fourth-order valence-corrected chi connectivity index (χ4v) is 3.91. The maximum absolute atomic E-state index is 13.7. The first-order chi connectivity index (χ1) is 10.3. The van der Waals surface area contributed by atoms with Crippen LogP contribution in [0.4, 0.5) is 4.39 Å². The molecule has 9 heteroatoms. The summed E-state index contributed by atoms with van der Waals surface area (Å²) in [6.07, 6.45) is 0. The van der Waals surface area contributed by atoms with Crippen LogP contribution in [-0.4, -0.2) is 19.8 Å². The second-order valence-corrected chi connectivity index (χ2v) is 8.56. The van der Waals surface area contributed by atoms with Crippen LogP contribution in [0, 0.1) is 5.82 Å². The molecule has 1 N–H and O–H groups in total. The van der Waals surface area contributed by atoms with Crippen LogP contribution in [0.2, 0.25) is 9.36 Å². The highest BCUT2D eigenvalue weighted by Crippen LogP contribution is 2.23. The molecule has 0 aliphatic heterocycles.